The number of benzene rings is 1. The van der Waals surface area contributed by atoms with Gasteiger partial charge in [-0.05, 0) is 24.3 Å². The van der Waals surface area contributed by atoms with E-state index in [1.54, 1.807) is 0 Å². The maximum absolute atomic E-state index is 13.4. The van der Waals surface area contributed by atoms with E-state index >= 15 is 0 Å². The fourth-order valence-electron chi connectivity index (χ4n) is 1.36. The maximum atomic E-state index is 13.4. The van der Waals surface area contributed by atoms with Crippen molar-refractivity contribution in [2.24, 2.45) is 0 Å². The van der Waals surface area contributed by atoms with Crippen molar-refractivity contribution >= 4 is 39.9 Å². The van der Waals surface area contributed by atoms with E-state index < -0.39 is 30.3 Å². The highest BCUT2D eigenvalue weighted by molar-refractivity contribution is 9.10. The number of amides is 3. The fraction of sp³-hybridized carbons (Fsp3) is 0.133. The molecule has 0 radical (unpaired) electrons. The summed E-state index contributed by atoms with van der Waals surface area (Å²) in [6.45, 7) is 2.96. The number of ether oxygens (including phenoxy) is 1. The van der Waals surface area contributed by atoms with E-state index in [0.29, 0.717) is 4.47 Å². The van der Waals surface area contributed by atoms with Gasteiger partial charge in [0.1, 0.15) is 5.82 Å². The van der Waals surface area contributed by atoms with E-state index in [0.717, 1.165) is 6.08 Å². The number of nitrogens with one attached hydrogen (secondary N) is 2. The Kier molecular flexibility index (Phi) is 7.69. The predicted octanol–water partition coefficient (Wildman–Crippen LogP) is 2.16. The third kappa shape index (κ3) is 7.37. The second-order valence-electron chi connectivity index (χ2n) is 4.15. The number of esters is 1. The van der Waals surface area contributed by atoms with Gasteiger partial charge in [0, 0.05) is 22.7 Å². The van der Waals surface area contributed by atoms with Crippen LogP contribution in [0.25, 0.3) is 6.08 Å². The Balaban J connectivity index is 2.43. The molecule has 0 aliphatic carbocycles. The highest BCUT2D eigenvalue weighted by atomic mass is 79.9. The molecule has 0 aliphatic heterocycles. The van der Waals surface area contributed by atoms with Gasteiger partial charge in [0.25, 0.3) is 5.91 Å². The molecule has 0 spiro atoms. The maximum Gasteiger partial charge on any atom is 0.331 e. The van der Waals surface area contributed by atoms with Crippen molar-refractivity contribution < 1.29 is 23.5 Å². The largest absolute Gasteiger partial charge is 0.452 e. The van der Waals surface area contributed by atoms with Crippen LogP contribution in [0, 0.1) is 5.82 Å². The summed E-state index contributed by atoms with van der Waals surface area (Å²) in [5.41, 5.74) is 0.185. The van der Waals surface area contributed by atoms with E-state index in [4.69, 9.17) is 0 Å². The lowest BCUT2D eigenvalue weighted by atomic mass is 10.2. The van der Waals surface area contributed by atoms with E-state index in [1.807, 2.05) is 5.32 Å². The van der Waals surface area contributed by atoms with Crippen LogP contribution >= 0.6 is 15.9 Å². The minimum atomic E-state index is -0.842. The van der Waals surface area contributed by atoms with Crippen LogP contribution in [0.2, 0.25) is 0 Å². The zero-order valence-corrected chi connectivity index (χ0v) is 13.6. The monoisotopic (exact) mass is 384 g/mol. The molecule has 0 saturated heterocycles. The first-order valence-corrected chi connectivity index (χ1v) is 7.20. The number of hydrogen-bond acceptors (Lipinski definition) is 4. The van der Waals surface area contributed by atoms with Crippen molar-refractivity contribution in [1.29, 1.82) is 0 Å². The second kappa shape index (κ2) is 9.52. The van der Waals surface area contributed by atoms with E-state index in [2.05, 4.69) is 32.6 Å². The first kappa shape index (κ1) is 18.6. The Bertz CT molecular complexity index is 646. The number of carbonyl (C=O) groups excluding carboxylic acids is 3. The van der Waals surface area contributed by atoms with Crippen LogP contribution in [-0.2, 0) is 14.3 Å². The minimum Gasteiger partial charge on any atom is -0.452 e. The molecule has 3 amide bonds. The van der Waals surface area contributed by atoms with Crippen LogP contribution in [0.4, 0.5) is 9.18 Å². The lowest BCUT2D eigenvalue weighted by molar-refractivity contribution is -0.143. The number of carbonyl (C=O) groups is 3. The molecule has 122 valence electrons. The van der Waals surface area contributed by atoms with Crippen molar-refractivity contribution in [3.63, 3.8) is 0 Å². The molecule has 0 aliphatic rings. The lowest BCUT2D eigenvalue weighted by Crippen LogP contribution is -2.41. The zero-order chi connectivity index (χ0) is 17.2. The number of rotatable bonds is 6. The Morgan fingerprint density at radius 3 is 2.78 bits per heavy atom. The minimum absolute atomic E-state index is 0.185. The third-order valence-corrected chi connectivity index (χ3v) is 2.86. The summed E-state index contributed by atoms with van der Waals surface area (Å²) in [7, 11) is 0. The highest BCUT2D eigenvalue weighted by Gasteiger charge is 2.09. The number of imide groups is 1. The average Bonchev–Trinajstić information content (AvgIpc) is 2.51. The molecule has 0 atom stereocenters. The summed E-state index contributed by atoms with van der Waals surface area (Å²) in [4.78, 5) is 33.9. The molecule has 0 saturated carbocycles. The highest BCUT2D eigenvalue weighted by Crippen LogP contribution is 2.16. The third-order valence-electron chi connectivity index (χ3n) is 2.36. The molecule has 23 heavy (non-hydrogen) atoms. The number of halogens is 2. The first-order chi connectivity index (χ1) is 10.9. The van der Waals surface area contributed by atoms with Gasteiger partial charge in [0.05, 0.1) is 0 Å². The topological polar surface area (TPSA) is 84.5 Å². The molecule has 0 bridgehead atoms. The smallest absolute Gasteiger partial charge is 0.331 e. The summed E-state index contributed by atoms with van der Waals surface area (Å²) >= 11 is 3.18. The average molecular weight is 385 g/mol. The van der Waals surface area contributed by atoms with Crippen molar-refractivity contribution in [2.75, 3.05) is 13.2 Å². The molecule has 1 rings (SSSR count). The molecule has 2 N–H and O–H groups in total. The van der Waals surface area contributed by atoms with Crippen LogP contribution in [-0.4, -0.2) is 31.1 Å². The number of urea groups is 1. The Labute approximate surface area is 140 Å². The van der Waals surface area contributed by atoms with Gasteiger partial charge in [-0.1, -0.05) is 22.0 Å². The molecule has 0 fully saturated rings. The van der Waals surface area contributed by atoms with Crippen LogP contribution < -0.4 is 10.6 Å². The molecular weight excluding hydrogens is 371 g/mol. The second-order valence-corrected chi connectivity index (χ2v) is 5.07. The quantitative estimate of drug-likeness (QED) is 0.447. The first-order valence-electron chi connectivity index (χ1n) is 6.41. The summed E-state index contributed by atoms with van der Waals surface area (Å²) < 4.78 is 18.7. The zero-order valence-electron chi connectivity index (χ0n) is 12.0. The molecule has 0 aromatic heterocycles. The molecule has 0 heterocycles. The Hall–Kier alpha value is -2.48. The van der Waals surface area contributed by atoms with E-state index in [1.165, 1.54) is 30.4 Å². The van der Waals surface area contributed by atoms with Crippen LogP contribution in [0.15, 0.2) is 41.4 Å². The van der Waals surface area contributed by atoms with Gasteiger partial charge >= 0.3 is 12.0 Å². The standard InChI is InChI=1S/C15H14BrFN2O4/c1-2-7-18-15(22)19-13(20)9-23-14(21)6-3-10-8-11(16)4-5-12(10)17/h2-6,8H,1,7,9H2,(H2,18,19,20,22)/b6-3+. The van der Waals surface area contributed by atoms with Crippen LogP contribution in [0.1, 0.15) is 5.56 Å². The van der Waals surface area contributed by atoms with Gasteiger partial charge in [-0.15, -0.1) is 6.58 Å². The van der Waals surface area contributed by atoms with Gasteiger partial charge in [-0.25, -0.2) is 14.0 Å². The molecule has 0 unspecified atom stereocenters. The normalized spacial score (nSPS) is 10.2. The predicted molar refractivity (Wildman–Crippen MR) is 85.8 cm³/mol. The molecule has 1 aromatic rings. The van der Waals surface area contributed by atoms with Crippen molar-refractivity contribution in [3.05, 3.63) is 52.8 Å². The Morgan fingerprint density at radius 1 is 1.35 bits per heavy atom. The SMILES string of the molecule is C=CCNC(=O)NC(=O)COC(=O)/C=C/c1cc(Br)ccc1F. The van der Waals surface area contributed by atoms with Gasteiger partial charge in [0.2, 0.25) is 0 Å². The summed E-state index contributed by atoms with van der Waals surface area (Å²) in [6, 6.07) is 3.52. The summed E-state index contributed by atoms with van der Waals surface area (Å²) in [5, 5.41) is 4.28. The fourth-order valence-corrected chi connectivity index (χ4v) is 1.74. The van der Waals surface area contributed by atoms with Gasteiger partial charge in [0.15, 0.2) is 6.61 Å². The van der Waals surface area contributed by atoms with Crippen molar-refractivity contribution in [1.82, 2.24) is 10.6 Å². The summed E-state index contributed by atoms with van der Waals surface area (Å²) in [6.07, 6.45) is 3.64. The van der Waals surface area contributed by atoms with Gasteiger partial charge < -0.3 is 10.1 Å². The molecule has 6 nitrogen and oxygen atoms in total. The van der Waals surface area contributed by atoms with Gasteiger partial charge in [-0.2, -0.15) is 0 Å². The molecule has 1 aromatic carbocycles. The molecular formula is C15H14BrFN2O4. The van der Waals surface area contributed by atoms with Crippen LogP contribution in [0.5, 0.6) is 0 Å². The summed E-state index contributed by atoms with van der Waals surface area (Å²) in [5.74, 6) is -2.14. The Morgan fingerprint density at radius 2 is 2.09 bits per heavy atom. The molecule has 8 heteroatoms. The van der Waals surface area contributed by atoms with Crippen molar-refractivity contribution in [2.45, 2.75) is 0 Å². The number of hydrogen-bond donors (Lipinski definition) is 2. The van der Waals surface area contributed by atoms with Crippen LogP contribution in [0.3, 0.4) is 0 Å². The lowest BCUT2D eigenvalue weighted by Gasteiger charge is -2.04. The van der Waals surface area contributed by atoms with Gasteiger partial charge in [-0.3, -0.25) is 10.1 Å². The van der Waals surface area contributed by atoms with Crippen molar-refractivity contribution in [3.8, 4) is 0 Å². The van der Waals surface area contributed by atoms with E-state index in [9.17, 15) is 18.8 Å². The van der Waals surface area contributed by atoms with E-state index in [-0.39, 0.29) is 12.1 Å².